The maximum atomic E-state index is 13.6. The Morgan fingerprint density at radius 1 is 1.09 bits per heavy atom. The van der Waals surface area contributed by atoms with Crippen LogP contribution in [0.5, 0.6) is 0 Å². The molecular formula is C34H36N8O. The molecule has 6 heterocycles. The molecule has 6 aromatic rings. The molecule has 2 unspecified atom stereocenters. The summed E-state index contributed by atoms with van der Waals surface area (Å²) in [5.41, 5.74) is 15.1. The standard InChI is InChI=1S/C34H36N8O/c1-4-28-31(35)19(2)16-41(28)34(43)24-9-12-29-20(3)32(39-42(29)18-24)30-14-23-8-10-26(37-33(23)40(30)17-21-5-6-21)22-7-11-27-25(13-22)15-36-38-27/h7-15,18-19,21,28,31H,4-6,16-17,35H2,1-3H3,(H,36,38)/t19?,28?,31-/m1/s1. The van der Waals surface area contributed by atoms with Crippen LogP contribution in [-0.4, -0.2) is 58.8 Å². The van der Waals surface area contributed by atoms with Gasteiger partial charge in [0.25, 0.3) is 5.91 Å². The Labute approximate surface area is 249 Å². The molecule has 43 heavy (non-hydrogen) atoms. The van der Waals surface area contributed by atoms with Gasteiger partial charge in [-0.15, -0.1) is 0 Å². The molecule has 1 amide bonds. The van der Waals surface area contributed by atoms with Crippen molar-refractivity contribution in [1.82, 2.24) is 34.3 Å². The van der Waals surface area contributed by atoms with Crippen LogP contribution in [0.3, 0.4) is 0 Å². The first-order valence-electron chi connectivity index (χ1n) is 15.4. The maximum Gasteiger partial charge on any atom is 0.255 e. The lowest BCUT2D eigenvalue weighted by molar-refractivity contribution is 0.0724. The molecule has 1 aliphatic heterocycles. The predicted octanol–water partition coefficient (Wildman–Crippen LogP) is 5.81. The fourth-order valence-electron chi connectivity index (χ4n) is 6.92. The maximum absolute atomic E-state index is 13.6. The summed E-state index contributed by atoms with van der Waals surface area (Å²) in [6.45, 7) is 7.95. The summed E-state index contributed by atoms with van der Waals surface area (Å²) in [6, 6.07) is 16.8. The number of aryl methyl sites for hydroxylation is 1. The van der Waals surface area contributed by atoms with Gasteiger partial charge in [-0.3, -0.25) is 9.89 Å². The molecule has 9 heteroatoms. The first kappa shape index (κ1) is 26.2. The van der Waals surface area contributed by atoms with Gasteiger partial charge in [0.05, 0.1) is 34.2 Å². The van der Waals surface area contributed by atoms with Crippen molar-refractivity contribution in [3.8, 4) is 22.6 Å². The number of pyridine rings is 2. The molecule has 1 saturated carbocycles. The summed E-state index contributed by atoms with van der Waals surface area (Å²) >= 11 is 0. The number of carbonyl (C=O) groups excluding carboxylic acids is 1. The molecule has 1 aliphatic carbocycles. The number of benzene rings is 1. The van der Waals surface area contributed by atoms with E-state index in [0.29, 0.717) is 18.0 Å². The summed E-state index contributed by atoms with van der Waals surface area (Å²) in [5.74, 6) is 0.966. The largest absolute Gasteiger partial charge is 0.334 e. The molecule has 1 aromatic carbocycles. The van der Waals surface area contributed by atoms with E-state index in [0.717, 1.165) is 68.6 Å². The number of aromatic amines is 1. The Balaban J connectivity index is 1.20. The summed E-state index contributed by atoms with van der Waals surface area (Å²) in [4.78, 5) is 20.8. The number of nitrogens with one attached hydrogen (secondary N) is 1. The van der Waals surface area contributed by atoms with Crippen molar-refractivity contribution in [3.63, 3.8) is 0 Å². The Morgan fingerprint density at radius 2 is 1.95 bits per heavy atom. The number of amides is 1. The van der Waals surface area contributed by atoms with Crippen LogP contribution in [0.4, 0.5) is 0 Å². The lowest BCUT2D eigenvalue weighted by Gasteiger charge is -2.25. The zero-order valence-electron chi connectivity index (χ0n) is 24.8. The Morgan fingerprint density at radius 3 is 2.77 bits per heavy atom. The third-order valence-corrected chi connectivity index (χ3v) is 9.65. The number of nitrogens with two attached hydrogens (primary N) is 1. The fourth-order valence-corrected chi connectivity index (χ4v) is 6.92. The minimum atomic E-state index is 0.00675. The number of fused-ring (bicyclic) bond motifs is 3. The SMILES string of the molecule is CCC1[C@H](N)C(C)CN1C(=O)c1ccc2c(C)c(-c3cc4ccc(-c5ccc6[nH]ncc6c5)nc4n3CC3CC3)nn2c1. The summed E-state index contributed by atoms with van der Waals surface area (Å²) in [5, 5.41) is 14.4. The number of aromatic nitrogens is 6. The van der Waals surface area contributed by atoms with Crippen LogP contribution in [-0.2, 0) is 6.54 Å². The Bertz CT molecular complexity index is 2030. The summed E-state index contributed by atoms with van der Waals surface area (Å²) in [6.07, 6.45) is 7.06. The molecule has 218 valence electrons. The number of nitrogens with zero attached hydrogens (tertiary/aromatic N) is 6. The average Bonchev–Trinajstić information content (AvgIpc) is 3.31. The van der Waals surface area contributed by atoms with Crippen LogP contribution in [0.15, 0.2) is 60.9 Å². The number of hydrogen-bond acceptors (Lipinski definition) is 5. The fraction of sp³-hybridized carbons (Fsp3) is 0.353. The van der Waals surface area contributed by atoms with E-state index >= 15 is 0 Å². The van der Waals surface area contributed by atoms with E-state index < -0.39 is 0 Å². The monoisotopic (exact) mass is 572 g/mol. The van der Waals surface area contributed by atoms with Crippen LogP contribution >= 0.6 is 0 Å². The van der Waals surface area contributed by atoms with Crippen molar-refractivity contribution in [2.45, 2.75) is 58.7 Å². The van der Waals surface area contributed by atoms with Crippen molar-refractivity contribution in [3.05, 3.63) is 72.1 Å². The Kier molecular flexibility index (Phi) is 5.94. The first-order valence-corrected chi connectivity index (χ1v) is 15.4. The van der Waals surface area contributed by atoms with E-state index in [-0.39, 0.29) is 23.9 Å². The highest BCUT2D eigenvalue weighted by Gasteiger charge is 2.39. The second kappa shape index (κ2) is 9.77. The van der Waals surface area contributed by atoms with E-state index in [2.05, 4.69) is 71.9 Å². The van der Waals surface area contributed by atoms with Gasteiger partial charge in [0.1, 0.15) is 11.3 Å². The molecule has 0 bridgehead atoms. The minimum Gasteiger partial charge on any atom is -0.334 e. The van der Waals surface area contributed by atoms with Gasteiger partial charge in [0.15, 0.2) is 0 Å². The number of carbonyl (C=O) groups is 1. The second-order valence-electron chi connectivity index (χ2n) is 12.6. The molecule has 0 radical (unpaired) electrons. The van der Waals surface area contributed by atoms with Gasteiger partial charge < -0.3 is 15.2 Å². The van der Waals surface area contributed by atoms with Gasteiger partial charge in [0.2, 0.25) is 0 Å². The summed E-state index contributed by atoms with van der Waals surface area (Å²) in [7, 11) is 0. The molecule has 5 aromatic heterocycles. The zero-order valence-corrected chi connectivity index (χ0v) is 24.8. The van der Waals surface area contributed by atoms with E-state index in [4.69, 9.17) is 15.8 Å². The van der Waals surface area contributed by atoms with Crippen LogP contribution in [0, 0.1) is 18.8 Å². The Hall–Kier alpha value is -4.50. The molecule has 3 N–H and O–H groups in total. The highest BCUT2D eigenvalue weighted by atomic mass is 16.2. The van der Waals surface area contributed by atoms with E-state index in [1.165, 1.54) is 12.8 Å². The normalized spacial score (nSPS) is 20.7. The van der Waals surface area contributed by atoms with Gasteiger partial charge in [-0.2, -0.15) is 10.2 Å². The number of likely N-dealkylation sites (tertiary alicyclic amines) is 1. The first-order chi connectivity index (χ1) is 20.9. The lowest BCUT2D eigenvalue weighted by atomic mass is 10.0. The summed E-state index contributed by atoms with van der Waals surface area (Å²) < 4.78 is 4.23. The average molecular weight is 573 g/mol. The molecule has 8 rings (SSSR count). The highest BCUT2D eigenvalue weighted by molar-refractivity contribution is 5.95. The van der Waals surface area contributed by atoms with Gasteiger partial charge in [-0.1, -0.05) is 19.9 Å². The van der Waals surface area contributed by atoms with E-state index in [9.17, 15) is 4.79 Å². The second-order valence-corrected chi connectivity index (χ2v) is 12.6. The lowest BCUT2D eigenvalue weighted by Crippen LogP contribution is -2.42. The van der Waals surface area contributed by atoms with Crippen LogP contribution in [0.2, 0.25) is 0 Å². The van der Waals surface area contributed by atoms with Crippen molar-refractivity contribution < 1.29 is 4.79 Å². The third-order valence-electron chi connectivity index (χ3n) is 9.65. The molecule has 0 spiro atoms. The predicted molar refractivity (Wildman–Crippen MR) is 169 cm³/mol. The van der Waals surface area contributed by atoms with Crippen LogP contribution < -0.4 is 5.73 Å². The smallest absolute Gasteiger partial charge is 0.255 e. The quantitative estimate of drug-likeness (QED) is 0.262. The number of rotatable bonds is 6. The van der Waals surface area contributed by atoms with Gasteiger partial charge >= 0.3 is 0 Å². The number of hydrogen-bond donors (Lipinski definition) is 2. The molecule has 9 nitrogen and oxygen atoms in total. The molecule has 2 aliphatic rings. The topological polar surface area (TPSA) is 110 Å². The van der Waals surface area contributed by atoms with Crippen LogP contribution in [0.1, 0.15) is 49.0 Å². The molecular weight excluding hydrogens is 536 g/mol. The van der Waals surface area contributed by atoms with E-state index in [1.807, 2.05) is 33.9 Å². The minimum absolute atomic E-state index is 0.00675. The molecule has 2 fully saturated rings. The van der Waals surface area contributed by atoms with Crippen molar-refractivity contribution in [1.29, 1.82) is 0 Å². The zero-order chi connectivity index (χ0) is 29.4. The van der Waals surface area contributed by atoms with Gasteiger partial charge in [0, 0.05) is 53.3 Å². The van der Waals surface area contributed by atoms with Crippen molar-refractivity contribution >= 4 is 33.4 Å². The van der Waals surface area contributed by atoms with E-state index in [1.54, 1.807) is 0 Å². The van der Waals surface area contributed by atoms with Crippen molar-refractivity contribution in [2.24, 2.45) is 17.6 Å². The molecule has 3 atom stereocenters. The van der Waals surface area contributed by atoms with Gasteiger partial charge in [-0.05, 0) is 80.5 Å². The number of H-pyrrole nitrogens is 1. The molecule has 1 saturated heterocycles. The van der Waals surface area contributed by atoms with Crippen molar-refractivity contribution in [2.75, 3.05) is 6.54 Å². The van der Waals surface area contributed by atoms with Gasteiger partial charge in [-0.25, -0.2) is 9.50 Å². The third kappa shape index (κ3) is 4.25. The highest BCUT2D eigenvalue weighted by Crippen LogP contribution is 2.37. The van der Waals surface area contributed by atoms with Crippen LogP contribution in [0.25, 0.3) is 50.1 Å².